The van der Waals surface area contributed by atoms with Gasteiger partial charge in [-0.2, -0.15) is 0 Å². The highest BCUT2D eigenvalue weighted by Gasteiger charge is 2.28. The molecule has 1 amide bonds. The van der Waals surface area contributed by atoms with Crippen LogP contribution in [0.1, 0.15) is 40.2 Å². The van der Waals surface area contributed by atoms with Crippen LogP contribution in [0.3, 0.4) is 0 Å². The minimum absolute atomic E-state index is 0.171. The first-order valence-electron chi connectivity index (χ1n) is 7.77. The van der Waals surface area contributed by atoms with Crippen LogP contribution < -0.4 is 0 Å². The fourth-order valence-corrected chi connectivity index (χ4v) is 3.00. The number of amides is 1. The number of carbonyl (C=O) groups is 2. The molecule has 0 radical (unpaired) electrons. The lowest BCUT2D eigenvalue weighted by molar-refractivity contribution is -0.137. The van der Waals surface area contributed by atoms with Gasteiger partial charge in [0, 0.05) is 23.6 Å². The van der Waals surface area contributed by atoms with Crippen LogP contribution in [-0.4, -0.2) is 33.6 Å². The van der Waals surface area contributed by atoms with Gasteiger partial charge in [0.05, 0.1) is 0 Å². The van der Waals surface area contributed by atoms with Gasteiger partial charge in [0.25, 0.3) is 5.91 Å². The van der Waals surface area contributed by atoms with Crippen molar-refractivity contribution in [2.75, 3.05) is 6.54 Å². The normalized spacial score (nSPS) is 13.4. The van der Waals surface area contributed by atoms with Gasteiger partial charge in [-0.1, -0.05) is 28.9 Å². The van der Waals surface area contributed by atoms with Crippen LogP contribution in [0.4, 0.5) is 0 Å². The summed E-state index contributed by atoms with van der Waals surface area (Å²) in [6.07, 6.45) is 3.50. The van der Waals surface area contributed by atoms with Crippen molar-refractivity contribution in [1.29, 1.82) is 0 Å². The molecule has 126 valence electrons. The number of rotatable bonds is 5. The zero-order valence-electron chi connectivity index (χ0n) is 13.0. The monoisotopic (exact) mass is 348 g/mol. The Kier molecular flexibility index (Phi) is 4.85. The number of halogens is 1. The molecule has 0 unspecified atom stereocenters. The second-order valence-corrected chi connectivity index (χ2v) is 6.26. The Bertz CT molecular complexity index is 754. The number of carboxylic acids is 1. The van der Waals surface area contributed by atoms with E-state index in [1.54, 1.807) is 24.3 Å². The summed E-state index contributed by atoms with van der Waals surface area (Å²) >= 11 is 5.86. The smallest absolute Gasteiger partial charge is 0.323 e. The molecule has 1 heterocycles. The number of aryl methyl sites for hydroxylation is 1. The first kappa shape index (κ1) is 16.5. The van der Waals surface area contributed by atoms with E-state index < -0.39 is 18.4 Å². The highest BCUT2D eigenvalue weighted by atomic mass is 35.5. The lowest BCUT2D eigenvalue weighted by Gasteiger charge is -2.20. The fourth-order valence-electron chi connectivity index (χ4n) is 2.88. The summed E-state index contributed by atoms with van der Waals surface area (Å²) in [5.74, 6) is -0.750. The quantitative estimate of drug-likeness (QED) is 0.898. The van der Waals surface area contributed by atoms with E-state index in [2.05, 4.69) is 5.16 Å². The van der Waals surface area contributed by atoms with Crippen molar-refractivity contribution in [1.82, 2.24) is 10.1 Å². The maximum Gasteiger partial charge on any atom is 0.323 e. The molecule has 7 heteroatoms. The average Bonchev–Trinajstić information content (AvgIpc) is 2.99. The Morgan fingerprint density at radius 2 is 1.92 bits per heavy atom. The number of hydrogen-bond acceptors (Lipinski definition) is 4. The minimum Gasteiger partial charge on any atom is -0.480 e. The van der Waals surface area contributed by atoms with Gasteiger partial charge in [0.2, 0.25) is 0 Å². The van der Waals surface area contributed by atoms with E-state index in [4.69, 9.17) is 21.2 Å². The molecule has 0 spiro atoms. The molecule has 0 saturated heterocycles. The third kappa shape index (κ3) is 3.59. The lowest BCUT2D eigenvalue weighted by Crippen LogP contribution is -2.36. The van der Waals surface area contributed by atoms with E-state index in [1.165, 1.54) is 4.90 Å². The van der Waals surface area contributed by atoms with Gasteiger partial charge in [0.15, 0.2) is 5.69 Å². The van der Waals surface area contributed by atoms with Crippen molar-refractivity contribution < 1.29 is 19.2 Å². The summed E-state index contributed by atoms with van der Waals surface area (Å²) < 4.78 is 5.27. The van der Waals surface area contributed by atoms with Gasteiger partial charge >= 0.3 is 5.97 Å². The average molecular weight is 349 g/mol. The summed E-state index contributed by atoms with van der Waals surface area (Å²) in [7, 11) is 0. The summed E-state index contributed by atoms with van der Waals surface area (Å²) in [4.78, 5) is 25.2. The predicted octanol–water partition coefficient (Wildman–Crippen LogP) is 2.93. The van der Waals surface area contributed by atoms with E-state index in [-0.39, 0.29) is 12.2 Å². The molecule has 2 aromatic rings. The Labute approximate surface area is 144 Å². The number of aliphatic carboxylic acids is 1. The number of hydrogen-bond donors (Lipinski definition) is 1. The molecule has 0 saturated carbocycles. The Morgan fingerprint density at radius 1 is 1.21 bits per heavy atom. The molecule has 1 N–H and O–H groups in total. The van der Waals surface area contributed by atoms with Gasteiger partial charge in [0.1, 0.15) is 12.3 Å². The first-order chi connectivity index (χ1) is 11.5. The fraction of sp³-hybridized carbons (Fsp3) is 0.353. The zero-order chi connectivity index (χ0) is 17.1. The van der Waals surface area contributed by atoms with Crippen LogP contribution in [0.5, 0.6) is 0 Å². The number of aromatic nitrogens is 1. The third-order valence-electron chi connectivity index (χ3n) is 4.05. The summed E-state index contributed by atoms with van der Waals surface area (Å²) in [5, 5.41) is 13.6. The molecule has 0 bridgehead atoms. The van der Waals surface area contributed by atoms with Crippen molar-refractivity contribution in [3.8, 4) is 0 Å². The van der Waals surface area contributed by atoms with Gasteiger partial charge in [-0.15, -0.1) is 0 Å². The van der Waals surface area contributed by atoms with E-state index in [0.29, 0.717) is 5.02 Å². The molecular formula is C17H17ClN2O4. The van der Waals surface area contributed by atoms with Gasteiger partial charge in [-0.25, -0.2) is 0 Å². The number of carboxylic acid groups (broad SMARTS) is 1. The summed E-state index contributed by atoms with van der Waals surface area (Å²) in [5.41, 5.74) is 1.85. The van der Waals surface area contributed by atoms with E-state index in [0.717, 1.165) is 42.6 Å². The van der Waals surface area contributed by atoms with Crippen LogP contribution in [0.15, 0.2) is 28.8 Å². The van der Waals surface area contributed by atoms with Gasteiger partial charge in [-0.3, -0.25) is 9.59 Å². The van der Waals surface area contributed by atoms with Gasteiger partial charge < -0.3 is 14.5 Å². The topological polar surface area (TPSA) is 83.6 Å². The maximum absolute atomic E-state index is 12.8. The molecule has 3 rings (SSSR count). The molecule has 0 fully saturated rings. The minimum atomic E-state index is -1.07. The highest BCUT2D eigenvalue weighted by molar-refractivity contribution is 6.30. The van der Waals surface area contributed by atoms with Gasteiger partial charge in [-0.05, 0) is 37.0 Å². The van der Waals surface area contributed by atoms with Crippen molar-refractivity contribution in [3.05, 3.63) is 51.9 Å². The summed E-state index contributed by atoms with van der Waals surface area (Å²) in [6, 6.07) is 6.95. The van der Waals surface area contributed by atoms with Crippen molar-refractivity contribution in [2.24, 2.45) is 0 Å². The van der Waals surface area contributed by atoms with E-state index in [1.807, 2.05) is 0 Å². The molecule has 1 aliphatic carbocycles. The lowest BCUT2D eigenvalue weighted by atomic mass is 9.96. The van der Waals surface area contributed by atoms with Crippen LogP contribution in [0.25, 0.3) is 0 Å². The Morgan fingerprint density at radius 3 is 2.62 bits per heavy atom. The number of nitrogens with zero attached hydrogens (tertiary/aromatic N) is 2. The SMILES string of the molecule is O=C(O)CN(Cc1ccc(Cl)cc1)C(=O)c1noc2c1CCCC2. The molecule has 0 atom stereocenters. The Balaban J connectivity index is 1.85. The van der Waals surface area contributed by atoms with Crippen LogP contribution in [-0.2, 0) is 24.2 Å². The molecular weight excluding hydrogens is 332 g/mol. The van der Waals surface area contributed by atoms with Crippen LogP contribution >= 0.6 is 11.6 Å². The predicted molar refractivity (Wildman–Crippen MR) is 87.0 cm³/mol. The second kappa shape index (κ2) is 7.05. The third-order valence-corrected chi connectivity index (χ3v) is 4.30. The van der Waals surface area contributed by atoms with Crippen LogP contribution in [0, 0.1) is 0 Å². The highest BCUT2D eigenvalue weighted by Crippen LogP contribution is 2.25. The van der Waals surface area contributed by atoms with Crippen molar-refractivity contribution in [2.45, 2.75) is 32.2 Å². The summed E-state index contributed by atoms with van der Waals surface area (Å²) in [6.45, 7) is -0.229. The number of benzene rings is 1. The molecule has 6 nitrogen and oxygen atoms in total. The van der Waals surface area contributed by atoms with Crippen molar-refractivity contribution >= 4 is 23.5 Å². The van der Waals surface area contributed by atoms with E-state index >= 15 is 0 Å². The zero-order valence-corrected chi connectivity index (χ0v) is 13.8. The molecule has 1 aromatic heterocycles. The first-order valence-corrected chi connectivity index (χ1v) is 8.15. The maximum atomic E-state index is 12.8. The molecule has 1 aliphatic rings. The van der Waals surface area contributed by atoms with Crippen molar-refractivity contribution in [3.63, 3.8) is 0 Å². The van der Waals surface area contributed by atoms with E-state index in [9.17, 15) is 9.59 Å². The second-order valence-electron chi connectivity index (χ2n) is 5.82. The standard InChI is InChI=1S/C17H17ClN2O4/c18-12-7-5-11(6-8-12)9-20(10-15(21)22)17(23)16-13-3-1-2-4-14(13)24-19-16/h5-8H,1-4,9-10H2,(H,21,22). The molecule has 0 aliphatic heterocycles. The largest absolute Gasteiger partial charge is 0.480 e. The molecule has 1 aromatic carbocycles. The number of carbonyl (C=O) groups excluding carboxylic acids is 1. The van der Waals surface area contributed by atoms with Crippen LogP contribution in [0.2, 0.25) is 5.02 Å². The molecule has 24 heavy (non-hydrogen) atoms. The Hall–Kier alpha value is -2.34. The number of fused-ring (bicyclic) bond motifs is 1.